The average molecular weight is 341 g/mol. The fourth-order valence-corrected chi connectivity index (χ4v) is 7.35. The average Bonchev–Trinajstić information content (AvgIpc) is 2.44. The number of rotatable bonds is 9. The van der Waals surface area contributed by atoms with Crippen molar-refractivity contribution in [1.82, 2.24) is 0 Å². The molecule has 2 nitrogen and oxygen atoms in total. The van der Waals surface area contributed by atoms with Gasteiger partial charge in [0, 0.05) is 13.0 Å². The summed E-state index contributed by atoms with van der Waals surface area (Å²) >= 11 is 0. The van der Waals surface area contributed by atoms with Crippen LogP contribution >= 0.6 is 0 Å². The van der Waals surface area contributed by atoms with Gasteiger partial charge >= 0.3 is 0 Å². The lowest BCUT2D eigenvalue weighted by Crippen LogP contribution is -2.37. The quantitative estimate of drug-likeness (QED) is 0.520. The molecule has 1 rings (SSSR count). The van der Waals surface area contributed by atoms with Gasteiger partial charge < -0.3 is 5.11 Å². The maximum atomic E-state index is 13.0. The van der Waals surface area contributed by atoms with Crippen molar-refractivity contribution >= 4 is 18.9 Å². The van der Waals surface area contributed by atoms with E-state index < -0.39 is 25.0 Å². The lowest BCUT2D eigenvalue weighted by molar-refractivity contribution is 0.160. The number of unbranched alkanes of at least 4 members (excludes halogenated alkanes) is 2. The first kappa shape index (κ1) is 19.6. The molecule has 0 aliphatic heterocycles. The summed E-state index contributed by atoms with van der Waals surface area (Å²) < 4.78 is 13.0. The Kier molecular flexibility index (Phi) is 8.01. The monoisotopic (exact) mass is 340 g/mol. The molecule has 126 valence electrons. The second-order valence-corrected chi connectivity index (χ2v) is 14.7. The van der Waals surface area contributed by atoms with Gasteiger partial charge in [-0.3, -0.25) is 4.21 Å². The topological polar surface area (TPSA) is 37.3 Å². The van der Waals surface area contributed by atoms with E-state index in [-0.39, 0.29) is 5.25 Å². The molecular formula is C18H32O2SSi. The van der Waals surface area contributed by atoms with Crippen LogP contribution in [0.5, 0.6) is 0 Å². The predicted molar refractivity (Wildman–Crippen MR) is 99.7 cm³/mol. The first-order valence-electron chi connectivity index (χ1n) is 8.40. The van der Waals surface area contributed by atoms with Crippen LogP contribution in [0.4, 0.5) is 0 Å². The van der Waals surface area contributed by atoms with Gasteiger partial charge in [-0.25, -0.2) is 0 Å². The smallest absolute Gasteiger partial charge is 0.0684 e. The van der Waals surface area contributed by atoms with Gasteiger partial charge in [-0.15, -0.1) is 0 Å². The van der Waals surface area contributed by atoms with Gasteiger partial charge in [-0.1, -0.05) is 63.5 Å². The molecule has 22 heavy (non-hydrogen) atoms. The first-order chi connectivity index (χ1) is 10.2. The third-order valence-corrected chi connectivity index (χ3v) is 7.60. The molecule has 0 heterocycles. The molecule has 1 unspecified atom stereocenters. The third kappa shape index (κ3) is 6.76. The standard InChI is InChI=1S/C18H32O2SSi/c1-6-7-8-9-17(19)18(14-22(3,4)5)21(20)16-12-10-15(2)11-13-16/h10-13,17-19H,6-9,14H2,1-5H3/t17-,18+,21?/m1/s1. The Hall–Kier alpha value is -0.453. The van der Waals surface area contributed by atoms with Gasteiger partial charge in [0.25, 0.3) is 0 Å². The minimum absolute atomic E-state index is 0.133. The van der Waals surface area contributed by atoms with Gasteiger partial charge in [0.15, 0.2) is 0 Å². The summed E-state index contributed by atoms with van der Waals surface area (Å²) in [6, 6.07) is 8.80. The molecule has 0 aliphatic rings. The van der Waals surface area contributed by atoms with E-state index in [0.29, 0.717) is 0 Å². The van der Waals surface area contributed by atoms with E-state index in [1.165, 1.54) is 5.56 Å². The molecule has 4 heteroatoms. The molecule has 0 bridgehead atoms. The molecule has 0 fully saturated rings. The van der Waals surface area contributed by atoms with Crippen LogP contribution in [0.15, 0.2) is 29.2 Å². The van der Waals surface area contributed by atoms with Crippen molar-refractivity contribution in [2.24, 2.45) is 0 Å². The highest BCUT2D eigenvalue weighted by Crippen LogP contribution is 2.25. The van der Waals surface area contributed by atoms with Gasteiger partial charge in [0.1, 0.15) is 0 Å². The zero-order valence-electron chi connectivity index (χ0n) is 14.8. The summed E-state index contributed by atoms with van der Waals surface area (Å²) in [5.74, 6) is 0. The van der Waals surface area contributed by atoms with Crippen molar-refractivity contribution in [3.8, 4) is 0 Å². The molecule has 0 spiro atoms. The molecule has 3 atom stereocenters. The first-order valence-corrected chi connectivity index (χ1v) is 13.3. The Labute approximate surface area is 139 Å². The number of benzene rings is 1. The summed E-state index contributed by atoms with van der Waals surface area (Å²) in [5, 5.41) is 10.5. The maximum Gasteiger partial charge on any atom is 0.0684 e. The van der Waals surface area contributed by atoms with E-state index in [1.807, 2.05) is 31.2 Å². The van der Waals surface area contributed by atoms with E-state index >= 15 is 0 Å². The zero-order chi connectivity index (χ0) is 16.8. The summed E-state index contributed by atoms with van der Waals surface area (Å²) in [6.45, 7) is 11.0. The van der Waals surface area contributed by atoms with E-state index in [9.17, 15) is 9.32 Å². The van der Waals surface area contributed by atoms with Crippen LogP contribution in [0.2, 0.25) is 25.7 Å². The molecule has 0 radical (unpaired) electrons. The highest BCUT2D eigenvalue weighted by atomic mass is 32.2. The minimum Gasteiger partial charge on any atom is -0.392 e. The molecular weight excluding hydrogens is 308 g/mol. The van der Waals surface area contributed by atoms with Crippen molar-refractivity contribution in [2.75, 3.05) is 0 Å². The van der Waals surface area contributed by atoms with Crippen LogP contribution in [0.1, 0.15) is 38.2 Å². The summed E-state index contributed by atoms with van der Waals surface area (Å²) in [5.41, 5.74) is 1.17. The second-order valence-electron chi connectivity index (χ2n) is 7.48. The highest BCUT2D eigenvalue weighted by molar-refractivity contribution is 7.85. The van der Waals surface area contributed by atoms with E-state index in [0.717, 1.165) is 36.6 Å². The summed E-state index contributed by atoms with van der Waals surface area (Å²) in [7, 11) is -2.52. The van der Waals surface area contributed by atoms with Gasteiger partial charge in [-0.05, 0) is 31.5 Å². The largest absolute Gasteiger partial charge is 0.392 e. The Balaban J connectivity index is 2.88. The van der Waals surface area contributed by atoms with E-state index in [4.69, 9.17) is 0 Å². The highest BCUT2D eigenvalue weighted by Gasteiger charge is 2.31. The number of hydrogen-bond donors (Lipinski definition) is 1. The van der Waals surface area contributed by atoms with E-state index in [1.54, 1.807) is 0 Å². The van der Waals surface area contributed by atoms with Gasteiger partial charge in [0.2, 0.25) is 0 Å². The molecule has 1 aromatic rings. The predicted octanol–water partition coefficient (Wildman–Crippen LogP) is 4.75. The van der Waals surface area contributed by atoms with Crippen molar-refractivity contribution in [3.63, 3.8) is 0 Å². The second kappa shape index (κ2) is 8.99. The SMILES string of the molecule is CCCCC[C@@H](O)[C@H](C[Si](C)(C)C)S(=O)c1ccc(C)cc1. The normalized spacial score (nSPS) is 16.3. The molecule has 0 saturated carbocycles. The third-order valence-electron chi connectivity index (χ3n) is 3.87. The fourth-order valence-electron chi connectivity index (χ4n) is 2.59. The maximum absolute atomic E-state index is 13.0. The van der Waals surface area contributed by atoms with Gasteiger partial charge in [-0.2, -0.15) is 0 Å². The van der Waals surface area contributed by atoms with Crippen LogP contribution in [0.25, 0.3) is 0 Å². The molecule has 1 aromatic carbocycles. The Morgan fingerprint density at radius 3 is 2.23 bits per heavy atom. The van der Waals surface area contributed by atoms with Crippen LogP contribution in [-0.4, -0.2) is 28.7 Å². The van der Waals surface area contributed by atoms with Crippen molar-refractivity contribution in [1.29, 1.82) is 0 Å². The van der Waals surface area contributed by atoms with Crippen LogP contribution in [0, 0.1) is 6.92 Å². The molecule has 0 aromatic heterocycles. The Morgan fingerprint density at radius 2 is 1.73 bits per heavy atom. The summed E-state index contributed by atoms with van der Waals surface area (Å²) in [6.07, 6.45) is 3.60. The molecule has 1 N–H and O–H groups in total. The number of aliphatic hydroxyl groups is 1. The van der Waals surface area contributed by atoms with Crippen LogP contribution in [-0.2, 0) is 10.8 Å². The van der Waals surface area contributed by atoms with Gasteiger partial charge in [0.05, 0.1) is 22.2 Å². The van der Waals surface area contributed by atoms with Crippen molar-refractivity contribution < 1.29 is 9.32 Å². The van der Waals surface area contributed by atoms with Crippen molar-refractivity contribution in [3.05, 3.63) is 29.8 Å². The van der Waals surface area contributed by atoms with Crippen molar-refractivity contribution in [2.45, 2.75) is 81.5 Å². The van der Waals surface area contributed by atoms with Crippen LogP contribution < -0.4 is 0 Å². The lowest BCUT2D eigenvalue weighted by Gasteiger charge is -2.28. The number of aryl methyl sites for hydroxylation is 1. The molecule has 0 saturated heterocycles. The number of aliphatic hydroxyl groups excluding tert-OH is 1. The molecule has 0 amide bonds. The Bertz CT molecular complexity index is 465. The minimum atomic E-state index is -1.39. The lowest BCUT2D eigenvalue weighted by atomic mass is 10.1. The summed E-state index contributed by atoms with van der Waals surface area (Å²) in [4.78, 5) is 0.850. The fraction of sp³-hybridized carbons (Fsp3) is 0.667. The number of hydrogen-bond acceptors (Lipinski definition) is 2. The zero-order valence-corrected chi connectivity index (χ0v) is 16.6. The molecule has 0 aliphatic carbocycles. The Morgan fingerprint density at radius 1 is 1.14 bits per heavy atom. The van der Waals surface area contributed by atoms with Crippen LogP contribution in [0.3, 0.4) is 0 Å². The van der Waals surface area contributed by atoms with E-state index in [2.05, 4.69) is 26.6 Å².